The van der Waals surface area contributed by atoms with Gasteiger partial charge in [-0.15, -0.1) is 0 Å². The summed E-state index contributed by atoms with van der Waals surface area (Å²) in [5, 5.41) is 20.0. The minimum atomic E-state index is -2.38. The average molecular weight is 502 g/mol. The van der Waals surface area contributed by atoms with Gasteiger partial charge >= 0.3 is 0 Å². The normalized spacial score (nSPS) is 20.0. The van der Waals surface area contributed by atoms with Gasteiger partial charge in [0.1, 0.15) is 16.9 Å². The van der Waals surface area contributed by atoms with Gasteiger partial charge in [-0.05, 0) is 13.0 Å². The van der Waals surface area contributed by atoms with Crippen molar-refractivity contribution in [2.45, 2.75) is 25.4 Å². The molecule has 3 aromatic rings. The molecular weight excluding hydrogens is 472 g/mol. The molecule has 192 valence electrons. The lowest BCUT2D eigenvalue weighted by molar-refractivity contribution is 0.0447. The van der Waals surface area contributed by atoms with Crippen molar-refractivity contribution < 1.29 is 23.4 Å². The first kappa shape index (κ1) is 24.2. The van der Waals surface area contributed by atoms with Crippen molar-refractivity contribution in [3.05, 3.63) is 41.9 Å². The molecular formula is C24H29F2N7O3. The first-order valence-corrected chi connectivity index (χ1v) is 11.8. The van der Waals surface area contributed by atoms with E-state index in [1.165, 1.54) is 10.7 Å². The molecule has 1 aromatic carbocycles. The van der Waals surface area contributed by atoms with Crippen LogP contribution in [0.1, 0.15) is 22.8 Å². The molecule has 0 saturated carbocycles. The Morgan fingerprint density at radius 1 is 1.25 bits per heavy atom. The molecule has 1 fully saturated rings. The van der Waals surface area contributed by atoms with Crippen LogP contribution in [0.2, 0.25) is 0 Å². The number of carbonyl (C=O) groups is 1. The minimum Gasteiger partial charge on any atom is -0.484 e. The molecule has 2 aromatic heterocycles. The number of aromatic nitrogens is 3. The maximum absolute atomic E-state index is 13.3. The lowest BCUT2D eigenvalue weighted by Crippen LogP contribution is -2.48. The number of halogens is 2. The Bertz CT molecular complexity index is 1280. The van der Waals surface area contributed by atoms with Crippen LogP contribution in [0, 0.1) is 0 Å². The smallest absolute Gasteiger partial charge is 0.261 e. The summed E-state index contributed by atoms with van der Waals surface area (Å²) in [7, 11) is 1.77. The van der Waals surface area contributed by atoms with Gasteiger partial charge in [-0.2, -0.15) is 5.10 Å². The predicted octanol–water partition coefficient (Wildman–Crippen LogP) is 2.10. The fraction of sp³-hybridized carbons (Fsp3) is 0.458. The van der Waals surface area contributed by atoms with Gasteiger partial charge in [0.15, 0.2) is 5.65 Å². The highest BCUT2D eigenvalue weighted by Crippen LogP contribution is 2.42. The van der Waals surface area contributed by atoms with Crippen molar-refractivity contribution >= 4 is 28.6 Å². The summed E-state index contributed by atoms with van der Waals surface area (Å²) in [6, 6.07) is 3.73. The third-order valence-corrected chi connectivity index (χ3v) is 6.68. The fourth-order valence-corrected chi connectivity index (χ4v) is 4.72. The second kappa shape index (κ2) is 9.51. The number of hydrogen-bond acceptors (Lipinski definition) is 8. The number of anilines is 3. The van der Waals surface area contributed by atoms with Gasteiger partial charge < -0.3 is 25.4 Å². The van der Waals surface area contributed by atoms with Crippen LogP contribution >= 0.6 is 0 Å². The van der Waals surface area contributed by atoms with E-state index >= 15 is 0 Å². The van der Waals surface area contributed by atoms with Crippen LogP contribution in [0.15, 0.2) is 30.7 Å². The van der Waals surface area contributed by atoms with Gasteiger partial charge in [-0.1, -0.05) is 0 Å². The highest BCUT2D eigenvalue weighted by atomic mass is 19.3. The summed E-state index contributed by atoms with van der Waals surface area (Å²) in [6.45, 7) is 3.45. The Labute approximate surface area is 206 Å². The summed E-state index contributed by atoms with van der Waals surface area (Å²) in [6.07, 6.45) is 2.96. The molecule has 12 heteroatoms. The molecule has 3 N–H and O–H groups in total. The monoisotopic (exact) mass is 501 g/mol. The zero-order chi connectivity index (χ0) is 25.4. The van der Waals surface area contributed by atoms with Crippen LogP contribution in [0.3, 0.4) is 0 Å². The molecule has 36 heavy (non-hydrogen) atoms. The minimum absolute atomic E-state index is 0.145. The van der Waals surface area contributed by atoms with Gasteiger partial charge in [0.05, 0.1) is 48.8 Å². The first-order chi connectivity index (χ1) is 17.3. The molecule has 1 saturated heterocycles. The third-order valence-electron chi connectivity index (χ3n) is 6.68. The number of piperazine rings is 1. The van der Waals surface area contributed by atoms with Crippen LogP contribution in [-0.4, -0.2) is 88.9 Å². The number of hydrogen-bond donors (Lipinski definition) is 3. The second-order valence-corrected chi connectivity index (χ2v) is 9.42. The van der Waals surface area contributed by atoms with Crippen molar-refractivity contribution in [3.8, 4) is 5.75 Å². The van der Waals surface area contributed by atoms with Gasteiger partial charge in [0.2, 0.25) is 0 Å². The van der Waals surface area contributed by atoms with Crippen molar-refractivity contribution in [1.29, 1.82) is 0 Å². The van der Waals surface area contributed by atoms with E-state index < -0.39 is 12.0 Å². The van der Waals surface area contributed by atoms with Gasteiger partial charge in [0.25, 0.3) is 12.3 Å². The summed E-state index contributed by atoms with van der Waals surface area (Å²) in [5.41, 5.74) is 2.96. The SMILES string of the molecule is CNc1cnc2c(C(=O)Nc3cc4c(cc3N3CCN(CC(F)F)CC3)O[C@@](C)(CO)C4)cnn2c1. The fourth-order valence-electron chi connectivity index (χ4n) is 4.72. The number of aliphatic hydroxyl groups excluding tert-OH is 1. The van der Waals surface area contributed by atoms with Crippen molar-refractivity contribution in [2.24, 2.45) is 0 Å². The van der Waals surface area contributed by atoms with E-state index in [4.69, 9.17) is 4.74 Å². The van der Waals surface area contributed by atoms with Gasteiger partial charge in [0, 0.05) is 51.3 Å². The zero-order valence-electron chi connectivity index (χ0n) is 20.2. The second-order valence-electron chi connectivity index (χ2n) is 9.42. The Morgan fingerprint density at radius 3 is 2.72 bits per heavy atom. The van der Waals surface area contributed by atoms with E-state index in [1.807, 2.05) is 19.1 Å². The Kier molecular flexibility index (Phi) is 6.39. The van der Waals surface area contributed by atoms with E-state index in [2.05, 4.69) is 25.6 Å². The molecule has 2 aliphatic rings. The number of ether oxygens (including phenoxy) is 1. The number of fused-ring (bicyclic) bond motifs is 2. The molecule has 0 unspecified atom stereocenters. The number of carbonyl (C=O) groups excluding carboxylic acids is 1. The quantitative estimate of drug-likeness (QED) is 0.452. The standard InChI is InChI=1S/C24H29F2N7O3/c1-24(14-34)9-15-7-18(30-23(35)17-11-29-33-12-16(27-2)10-28-22(17)33)19(8-20(15)36-24)32-5-3-31(4-6-32)13-21(25)26/h7-8,10-12,21,27,34H,3-6,9,13-14H2,1-2H3,(H,30,35)/t24-/m1/s1. The number of rotatable bonds is 7. The van der Waals surface area contributed by atoms with Crippen molar-refractivity contribution in [3.63, 3.8) is 0 Å². The van der Waals surface area contributed by atoms with Crippen molar-refractivity contribution in [2.75, 3.05) is 61.9 Å². The maximum atomic E-state index is 13.3. The molecule has 1 atom stereocenters. The number of nitrogens with zero attached hydrogens (tertiary/aromatic N) is 5. The summed E-state index contributed by atoms with van der Waals surface area (Å²) < 4.78 is 33.2. The van der Waals surface area contributed by atoms with Crippen LogP contribution in [0.25, 0.3) is 5.65 Å². The molecule has 0 bridgehead atoms. The highest BCUT2D eigenvalue weighted by Gasteiger charge is 2.36. The van der Waals surface area contributed by atoms with Crippen LogP contribution in [0.4, 0.5) is 25.8 Å². The number of benzene rings is 1. The Hall–Kier alpha value is -3.51. The lowest BCUT2D eigenvalue weighted by atomic mass is 9.99. The van der Waals surface area contributed by atoms with Crippen LogP contribution in [-0.2, 0) is 6.42 Å². The summed E-state index contributed by atoms with van der Waals surface area (Å²) in [4.78, 5) is 21.5. The number of aliphatic hydroxyl groups is 1. The Balaban J connectivity index is 1.44. The Morgan fingerprint density at radius 2 is 2.03 bits per heavy atom. The molecule has 0 aliphatic carbocycles. The molecule has 1 amide bonds. The number of alkyl halides is 2. The number of nitrogens with one attached hydrogen (secondary N) is 2. The van der Waals surface area contributed by atoms with E-state index in [0.29, 0.717) is 55.2 Å². The maximum Gasteiger partial charge on any atom is 0.261 e. The largest absolute Gasteiger partial charge is 0.484 e. The third kappa shape index (κ3) is 4.65. The van der Waals surface area contributed by atoms with E-state index in [1.54, 1.807) is 24.3 Å². The van der Waals surface area contributed by atoms with E-state index in [0.717, 1.165) is 16.9 Å². The molecule has 0 radical (unpaired) electrons. The van der Waals surface area contributed by atoms with E-state index in [-0.39, 0.29) is 19.1 Å². The number of amides is 1. The lowest BCUT2D eigenvalue weighted by Gasteiger charge is -2.37. The van der Waals surface area contributed by atoms with Crippen molar-refractivity contribution in [1.82, 2.24) is 19.5 Å². The molecule has 5 rings (SSSR count). The van der Waals surface area contributed by atoms with Gasteiger partial charge in [-0.25, -0.2) is 18.3 Å². The molecule has 2 aliphatic heterocycles. The topological polar surface area (TPSA) is 107 Å². The molecule has 0 spiro atoms. The first-order valence-electron chi connectivity index (χ1n) is 11.8. The summed E-state index contributed by atoms with van der Waals surface area (Å²) >= 11 is 0. The van der Waals surface area contributed by atoms with Gasteiger partial charge in [-0.3, -0.25) is 9.69 Å². The van der Waals surface area contributed by atoms with E-state index in [9.17, 15) is 18.7 Å². The zero-order valence-corrected chi connectivity index (χ0v) is 20.2. The molecule has 10 nitrogen and oxygen atoms in total. The highest BCUT2D eigenvalue weighted by molar-refractivity contribution is 6.09. The molecule has 4 heterocycles. The summed E-state index contributed by atoms with van der Waals surface area (Å²) in [5.74, 6) is 0.280. The predicted molar refractivity (Wildman–Crippen MR) is 131 cm³/mol. The van der Waals surface area contributed by atoms with Crippen LogP contribution < -0.4 is 20.3 Å². The average Bonchev–Trinajstić information content (AvgIpc) is 3.43. The van der Waals surface area contributed by atoms with Crippen LogP contribution in [0.5, 0.6) is 5.75 Å².